The second kappa shape index (κ2) is 7.81. The number of hydrazone groups is 1. The molecule has 2 aromatic rings. The summed E-state index contributed by atoms with van der Waals surface area (Å²) >= 11 is 0. The first-order chi connectivity index (χ1) is 12.2. The van der Waals surface area contributed by atoms with Gasteiger partial charge >= 0.3 is 0 Å². The van der Waals surface area contributed by atoms with Gasteiger partial charge in [-0.25, -0.2) is 5.43 Å². The average Bonchev–Trinajstić information content (AvgIpc) is 2.67. The van der Waals surface area contributed by atoms with E-state index in [9.17, 15) is 4.79 Å². The third-order valence-electron chi connectivity index (χ3n) is 4.03. The summed E-state index contributed by atoms with van der Waals surface area (Å²) in [5, 5.41) is 4.02. The summed E-state index contributed by atoms with van der Waals surface area (Å²) in [6.07, 6.45) is 1.73. The van der Waals surface area contributed by atoms with Crippen molar-refractivity contribution < 1.29 is 19.0 Å². The zero-order valence-corrected chi connectivity index (χ0v) is 14.2. The number of nitrogens with one attached hydrogen (secondary N) is 1. The lowest BCUT2D eigenvalue weighted by Crippen LogP contribution is -2.31. The number of benzene rings is 2. The summed E-state index contributed by atoms with van der Waals surface area (Å²) in [7, 11) is 3.15. The molecule has 0 spiro atoms. The van der Waals surface area contributed by atoms with Gasteiger partial charge < -0.3 is 14.2 Å². The number of carbonyl (C=O) groups excluding carboxylic acids is 1. The molecule has 1 heterocycles. The van der Waals surface area contributed by atoms with E-state index in [2.05, 4.69) is 10.5 Å². The number of hydrogen-bond acceptors (Lipinski definition) is 5. The van der Waals surface area contributed by atoms with Crippen molar-refractivity contribution in [3.8, 4) is 11.5 Å². The van der Waals surface area contributed by atoms with Gasteiger partial charge in [-0.15, -0.1) is 0 Å². The van der Waals surface area contributed by atoms with E-state index in [0.29, 0.717) is 18.1 Å². The second-order valence-electron chi connectivity index (χ2n) is 5.55. The lowest BCUT2D eigenvalue weighted by atomic mass is 9.97. The number of amides is 1. The minimum absolute atomic E-state index is 0.288. The van der Waals surface area contributed by atoms with Crippen LogP contribution in [-0.4, -0.2) is 32.9 Å². The molecule has 3 rings (SSSR count). The highest BCUT2D eigenvalue weighted by molar-refractivity contribution is 5.86. The molecule has 1 aliphatic heterocycles. The number of carbonyl (C=O) groups is 1. The smallest absolute Gasteiger partial charge is 0.273 e. The maximum Gasteiger partial charge on any atom is 0.273 e. The molecule has 0 aromatic heterocycles. The Morgan fingerprint density at radius 3 is 2.80 bits per heavy atom. The van der Waals surface area contributed by atoms with Gasteiger partial charge in [-0.1, -0.05) is 24.3 Å². The summed E-state index contributed by atoms with van der Waals surface area (Å²) in [5.41, 5.74) is 5.35. The lowest BCUT2D eigenvalue weighted by Gasteiger charge is -2.24. The van der Waals surface area contributed by atoms with Crippen LogP contribution < -0.4 is 14.9 Å². The Bertz CT molecular complexity index is 789. The van der Waals surface area contributed by atoms with Crippen LogP contribution in [0.4, 0.5) is 0 Å². The van der Waals surface area contributed by atoms with Crippen LogP contribution in [0, 0.1) is 0 Å². The van der Waals surface area contributed by atoms with Gasteiger partial charge in [0.25, 0.3) is 5.91 Å². The monoisotopic (exact) mass is 340 g/mol. The molecular formula is C19H20N2O4. The van der Waals surface area contributed by atoms with E-state index in [-0.39, 0.29) is 5.91 Å². The number of ether oxygens (including phenoxy) is 3. The Kier molecular flexibility index (Phi) is 5.30. The molecule has 6 nitrogen and oxygen atoms in total. The van der Waals surface area contributed by atoms with Crippen molar-refractivity contribution in [2.75, 3.05) is 20.8 Å². The van der Waals surface area contributed by atoms with Crippen molar-refractivity contribution >= 4 is 12.1 Å². The van der Waals surface area contributed by atoms with E-state index in [4.69, 9.17) is 14.2 Å². The van der Waals surface area contributed by atoms with Crippen molar-refractivity contribution in [3.05, 3.63) is 59.2 Å². The van der Waals surface area contributed by atoms with E-state index >= 15 is 0 Å². The van der Waals surface area contributed by atoms with E-state index in [1.807, 2.05) is 30.3 Å². The summed E-state index contributed by atoms with van der Waals surface area (Å²) < 4.78 is 16.0. The predicted octanol–water partition coefficient (Wildman–Crippen LogP) is 2.47. The molecule has 0 bridgehead atoms. The van der Waals surface area contributed by atoms with Gasteiger partial charge in [0.05, 0.1) is 27.0 Å². The van der Waals surface area contributed by atoms with E-state index in [0.717, 1.165) is 23.1 Å². The summed E-state index contributed by atoms with van der Waals surface area (Å²) in [5.74, 6) is 0.946. The number of rotatable bonds is 5. The fourth-order valence-electron chi connectivity index (χ4n) is 2.77. The van der Waals surface area contributed by atoms with Crippen molar-refractivity contribution in [1.82, 2.24) is 5.43 Å². The molecule has 1 amide bonds. The van der Waals surface area contributed by atoms with Crippen LogP contribution in [0.2, 0.25) is 0 Å². The highest BCUT2D eigenvalue weighted by atomic mass is 16.5. The minimum atomic E-state index is -0.632. The molecule has 1 N–H and O–H groups in total. The van der Waals surface area contributed by atoms with Gasteiger partial charge in [-0.3, -0.25) is 4.79 Å². The van der Waals surface area contributed by atoms with Crippen molar-refractivity contribution in [2.45, 2.75) is 12.5 Å². The Labute approximate surface area is 146 Å². The SMILES string of the molecule is COc1ccc(C=NNC(=O)C2OCCc3ccccc32)cc1OC. The zero-order valence-electron chi connectivity index (χ0n) is 14.2. The molecule has 0 saturated heterocycles. The van der Waals surface area contributed by atoms with Crippen LogP contribution in [0.5, 0.6) is 11.5 Å². The molecule has 0 radical (unpaired) electrons. The predicted molar refractivity (Wildman–Crippen MR) is 94.1 cm³/mol. The van der Waals surface area contributed by atoms with Gasteiger partial charge in [-0.2, -0.15) is 5.10 Å². The fraction of sp³-hybridized carbons (Fsp3) is 0.263. The number of hydrogen-bond donors (Lipinski definition) is 1. The maximum absolute atomic E-state index is 12.4. The van der Waals surface area contributed by atoms with Crippen molar-refractivity contribution in [3.63, 3.8) is 0 Å². The quantitative estimate of drug-likeness (QED) is 0.671. The lowest BCUT2D eigenvalue weighted by molar-refractivity contribution is -0.134. The topological polar surface area (TPSA) is 69.2 Å². The first-order valence-corrected chi connectivity index (χ1v) is 7.97. The van der Waals surface area contributed by atoms with Crippen LogP contribution in [0.25, 0.3) is 0 Å². The van der Waals surface area contributed by atoms with E-state index < -0.39 is 6.10 Å². The van der Waals surface area contributed by atoms with Crippen LogP contribution >= 0.6 is 0 Å². The summed E-state index contributed by atoms with van der Waals surface area (Å²) in [6, 6.07) is 13.2. The Balaban J connectivity index is 1.68. The van der Waals surface area contributed by atoms with Gasteiger partial charge in [0.15, 0.2) is 17.6 Å². The largest absolute Gasteiger partial charge is 0.493 e. The molecule has 25 heavy (non-hydrogen) atoms. The second-order valence-corrected chi connectivity index (χ2v) is 5.55. The number of methoxy groups -OCH3 is 2. The zero-order chi connectivity index (χ0) is 17.6. The van der Waals surface area contributed by atoms with Crippen LogP contribution in [-0.2, 0) is 16.0 Å². The van der Waals surface area contributed by atoms with E-state index in [1.54, 1.807) is 32.6 Å². The Morgan fingerprint density at radius 1 is 1.20 bits per heavy atom. The molecule has 6 heteroatoms. The summed E-state index contributed by atoms with van der Waals surface area (Å²) in [4.78, 5) is 12.4. The molecule has 0 saturated carbocycles. The van der Waals surface area contributed by atoms with Crippen LogP contribution in [0.1, 0.15) is 22.8 Å². The van der Waals surface area contributed by atoms with Gasteiger partial charge in [-0.05, 0) is 41.3 Å². The average molecular weight is 340 g/mol. The molecule has 1 atom stereocenters. The molecule has 0 aliphatic carbocycles. The van der Waals surface area contributed by atoms with Crippen molar-refractivity contribution in [2.24, 2.45) is 5.10 Å². The number of fused-ring (bicyclic) bond motifs is 1. The highest BCUT2D eigenvalue weighted by Crippen LogP contribution is 2.28. The normalized spacial score (nSPS) is 16.3. The first kappa shape index (κ1) is 17.0. The van der Waals surface area contributed by atoms with Gasteiger partial charge in [0.1, 0.15) is 0 Å². The summed E-state index contributed by atoms with van der Waals surface area (Å²) in [6.45, 7) is 0.522. The molecular weight excluding hydrogens is 320 g/mol. The van der Waals surface area contributed by atoms with Gasteiger partial charge in [0.2, 0.25) is 0 Å². The molecule has 1 aliphatic rings. The third kappa shape index (κ3) is 3.80. The Morgan fingerprint density at radius 2 is 2.00 bits per heavy atom. The van der Waals surface area contributed by atoms with Crippen LogP contribution in [0.3, 0.4) is 0 Å². The molecule has 130 valence electrons. The standard InChI is InChI=1S/C19H20N2O4/c1-23-16-8-7-13(11-17(16)24-2)12-20-21-19(22)18-15-6-4-3-5-14(15)9-10-25-18/h3-8,11-12,18H,9-10H2,1-2H3,(H,21,22). The number of nitrogens with zero attached hydrogens (tertiary/aromatic N) is 1. The molecule has 1 unspecified atom stereocenters. The maximum atomic E-state index is 12.4. The highest BCUT2D eigenvalue weighted by Gasteiger charge is 2.26. The van der Waals surface area contributed by atoms with Crippen molar-refractivity contribution in [1.29, 1.82) is 0 Å². The first-order valence-electron chi connectivity index (χ1n) is 7.97. The van der Waals surface area contributed by atoms with E-state index in [1.165, 1.54) is 0 Å². The molecule has 0 fully saturated rings. The van der Waals surface area contributed by atoms with Crippen LogP contribution in [0.15, 0.2) is 47.6 Å². The Hall–Kier alpha value is -2.86. The van der Waals surface area contributed by atoms with Gasteiger partial charge in [0, 0.05) is 0 Å². The fourth-order valence-corrected chi connectivity index (χ4v) is 2.77. The minimum Gasteiger partial charge on any atom is -0.493 e. The third-order valence-corrected chi connectivity index (χ3v) is 4.03. The molecule has 2 aromatic carbocycles.